The summed E-state index contributed by atoms with van der Waals surface area (Å²) in [6.07, 6.45) is 4.64. The highest BCUT2D eigenvalue weighted by atomic mass is 32.2. The second-order valence-corrected chi connectivity index (χ2v) is 8.66. The van der Waals surface area contributed by atoms with Gasteiger partial charge in [-0.3, -0.25) is 4.79 Å². The molecule has 1 aromatic heterocycles. The first-order valence-electron chi connectivity index (χ1n) is 7.08. The van der Waals surface area contributed by atoms with Crippen molar-refractivity contribution in [2.75, 3.05) is 7.11 Å². The first-order valence-corrected chi connectivity index (χ1v) is 9.38. The summed E-state index contributed by atoms with van der Waals surface area (Å²) in [5.41, 5.74) is -1.12. The molecule has 1 fully saturated rings. The van der Waals surface area contributed by atoms with Crippen LogP contribution in [-0.2, 0) is 19.6 Å². The summed E-state index contributed by atoms with van der Waals surface area (Å²) in [5, 5.41) is 0. The van der Waals surface area contributed by atoms with Gasteiger partial charge in [0.25, 0.3) is 10.0 Å². The van der Waals surface area contributed by atoms with Gasteiger partial charge in [0.1, 0.15) is 9.75 Å². The Labute approximate surface area is 129 Å². The molecule has 1 heterocycles. The quantitative estimate of drug-likeness (QED) is 0.680. The van der Waals surface area contributed by atoms with Crippen LogP contribution in [0.5, 0.6) is 0 Å². The van der Waals surface area contributed by atoms with Crippen molar-refractivity contribution < 1.29 is 17.9 Å². The van der Waals surface area contributed by atoms with Crippen molar-refractivity contribution in [1.29, 1.82) is 0 Å². The zero-order valence-corrected chi connectivity index (χ0v) is 14.0. The van der Waals surface area contributed by atoms with Gasteiger partial charge < -0.3 is 4.74 Å². The summed E-state index contributed by atoms with van der Waals surface area (Å²) < 4.78 is 32.8. The Morgan fingerprint density at radius 2 is 1.86 bits per heavy atom. The highest BCUT2D eigenvalue weighted by Gasteiger charge is 2.43. The van der Waals surface area contributed by atoms with Gasteiger partial charge in [0.05, 0.1) is 7.11 Å². The summed E-state index contributed by atoms with van der Waals surface area (Å²) >= 11 is 1.20. The van der Waals surface area contributed by atoms with E-state index in [0.717, 1.165) is 30.6 Å². The van der Waals surface area contributed by atoms with Crippen LogP contribution in [0.2, 0.25) is 0 Å². The Balaban J connectivity index is 2.32. The van der Waals surface area contributed by atoms with E-state index in [9.17, 15) is 13.2 Å². The van der Waals surface area contributed by atoms with E-state index in [1.807, 2.05) is 6.92 Å². The Morgan fingerprint density at radius 1 is 1.24 bits per heavy atom. The first kappa shape index (κ1) is 16.5. The molecule has 21 heavy (non-hydrogen) atoms. The van der Waals surface area contributed by atoms with Gasteiger partial charge in [-0.2, -0.15) is 4.72 Å². The number of methoxy groups -OCH3 is 1. The maximum atomic E-state index is 12.5. The summed E-state index contributed by atoms with van der Waals surface area (Å²) in [4.78, 5) is 13.1. The normalized spacial score (nSPS) is 19.0. The third kappa shape index (κ3) is 3.64. The second kappa shape index (κ2) is 6.46. The van der Waals surface area contributed by atoms with E-state index in [1.54, 1.807) is 12.1 Å². The molecule has 1 aliphatic carbocycles. The van der Waals surface area contributed by atoms with Gasteiger partial charge >= 0.3 is 5.97 Å². The molecule has 1 N–H and O–H groups in total. The minimum Gasteiger partial charge on any atom is -0.468 e. The molecule has 0 unspecified atom stereocenters. The molecule has 0 atom stereocenters. The average Bonchev–Trinajstić information content (AvgIpc) is 2.75. The molecule has 1 saturated carbocycles. The van der Waals surface area contributed by atoms with Crippen molar-refractivity contribution in [1.82, 2.24) is 4.72 Å². The summed E-state index contributed by atoms with van der Waals surface area (Å²) in [5.74, 6) is -0.485. The fraction of sp³-hybridized carbons (Fsp3) is 0.643. The van der Waals surface area contributed by atoms with Gasteiger partial charge in [0.15, 0.2) is 0 Å². The lowest BCUT2D eigenvalue weighted by Crippen LogP contribution is -2.54. The van der Waals surface area contributed by atoms with Crippen LogP contribution in [0.4, 0.5) is 0 Å². The summed E-state index contributed by atoms with van der Waals surface area (Å²) in [7, 11) is -2.40. The van der Waals surface area contributed by atoms with E-state index in [1.165, 1.54) is 18.4 Å². The van der Waals surface area contributed by atoms with Gasteiger partial charge in [-0.1, -0.05) is 25.7 Å². The molecule has 2 rings (SSSR count). The molecule has 1 aliphatic rings. The molecule has 0 amide bonds. The zero-order valence-electron chi connectivity index (χ0n) is 12.3. The smallest absolute Gasteiger partial charge is 0.327 e. The molecule has 0 bridgehead atoms. The topological polar surface area (TPSA) is 72.5 Å². The van der Waals surface area contributed by atoms with E-state index in [2.05, 4.69) is 4.72 Å². The number of sulfonamides is 1. The Kier molecular flexibility index (Phi) is 5.06. The minimum atomic E-state index is -3.70. The van der Waals surface area contributed by atoms with Gasteiger partial charge in [-0.05, 0) is 31.9 Å². The number of aryl methyl sites for hydroxylation is 1. The number of hydrogen-bond donors (Lipinski definition) is 1. The maximum absolute atomic E-state index is 12.5. The number of hydrogen-bond acceptors (Lipinski definition) is 5. The van der Waals surface area contributed by atoms with Crippen molar-refractivity contribution in [3.63, 3.8) is 0 Å². The van der Waals surface area contributed by atoms with Crippen LogP contribution in [0, 0.1) is 6.92 Å². The standard InChI is InChI=1S/C14H21NO4S2/c1-11-7-8-12(20-11)21(17,18)15-14(13(16)19-2)9-5-3-4-6-10-14/h7-8,15H,3-6,9-10H2,1-2H3. The van der Waals surface area contributed by atoms with Crippen LogP contribution >= 0.6 is 11.3 Å². The van der Waals surface area contributed by atoms with Crippen molar-refractivity contribution in [3.8, 4) is 0 Å². The number of ether oxygens (including phenoxy) is 1. The van der Waals surface area contributed by atoms with Gasteiger partial charge in [-0.25, -0.2) is 8.42 Å². The predicted octanol–water partition coefficient (Wildman–Crippen LogP) is 2.60. The number of carbonyl (C=O) groups is 1. The molecular formula is C14H21NO4S2. The molecule has 7 heteroatoms. The third-order valence-corrected chi connectivity index (χ3v) is 6.87. The van der Waals surface area contributed by atoms with Crippen LogP contribution < -0.4 is 4.72 Å². The second-order valence-electron chi connectivity index (χ2n) is 5.46. The Hall–Kier alpha value is -0.920. The van der Waals surface area contributed by atoms with Crippen molar-refractivity contribution in [2.24, 2.45) is 0 Å². The largest absolute Gasteiger partial charge is 0.468 e. The Morgan fingerprint density at radius 3 is 2.33 bits per heavy atom. The van der Waals surface area contributed by atoms with Gasteiger partial charge in [-0.15, -0.1) is 11.3 Å². The molecule has 118 valence electrons. The first-order chi connectivity index (χ1) is 9.89. The SMILES string of the molecule is COC(=O)C1(NS(=O)(=O)c2ccc(C)s2)CCCCCC1. The van der Waals surface area contributed by atoms with Crippen LogP contribution in [0.1, 0.15) is 43.4 Å². The number of carbonyl (C=O) groups excluding carboxylic acids is 1. The van der Waals surface area contributed by atoms with Crippen molar-refractivity contribution >= 4 is 27.3 Å². The number of esters is 1. The molecule has 0 aliphatic heterocycles. The van der Waals surface area contributed by atoms with Gasteiger partial charge in [0, 0.05) is 4.88 Å². The minimum absolute atomic E-state index is 0.243. The monoisotopic (exact) mass is 331 g/mol. The number of nitrogens with one attached hydrogen (secondary N) is 1. The zero-order chi connectivity index (χ0) is 15.5. The molecular weight excluding hydrogens is 310 g/mol. The van der Waals surface area contributed by atoms with Crippen LogP contribution in [0.3, 0.4) is 0 Å². The summed E-state index contributed by atoms with van der Waals surface area (Å²) in [6, 6.07) is 3.33. The molecule has 0 saturated heterocycles. The third-order valence-electron chi connectivity index (χ3n) is 3.84. The lowest BCUT2D eigenvalue weighted by molar-refractivity contribution is -0.148. The fourth-order valence-electron chi connectivity index (χ4n) is 2.74. The van der Waals surface area contributed by atoms with E-state index in [0.29, 0.717) is 12.8 Å². The molecule has 5 nitrogen and oxygen atoms in total. The van der Waals surface area contributed by atoms with Gasteiger partial charge in [0.2, 0.25) is 0 Å². The fourth-order valence-corrected chi connectivity index (χ4v) is 5.44. The maximum Gasteiger partial charge on any atom is 0.327 e. The molecule has 0 aromatic carbocycles. The number of thiophene rings is 1. The highest BCUT2D eigenvalue weighted by molar-refractivity contribution is 7.91. The van der Waals surface area contributed by atoms with Crippen molar-refractivity contribution in [2.45, 2.75) is 55.2 Å². The van der Waals surface area contributed by atoms with Crippen LogP contribution in [0.15, 0.2) is 16.3 Å². The lowest BCUT2D eigenvalue weighted by atomic mass is 9.92. The van der Waals surface area contributed by atoms with E-state index in [-0.39, 0.29) is 4.21 Å². The predicted molar refractivity (Wildman–Crippen MR) is 81.8 cm³/mol. The van der Waals surface area contributed by atoms with E-state index in [4.69, 9.17) is 4.74 Å². The van der Waals surface area contributed by atoms with Crippen LogP contribution in [0.25, 0.3) is 0 Å². The molecule has 0 radical (unpaired) electrons. The Bertz CT molecular complexity index is 598. The molecule has 1 aromatic rings. The number of rotatable bonds is 4. The highest BCUT2D eigenvalue weighted by Crippen LogP contribution is 2.31. The van der Waals surface area contributed by atoms with Crippen molar-refractivity contribution in [3.05, 3.63) is 17.0 Å². The van der Waals surface area contributed by atoms with E-state index >= 15 is 0 Å². The lowest BCUT2D eigenvalue weighted by Gasteiger charge is -2.30. The van der Waals surface area contributed by atoms with E-state index < -0.39 is 21.5 Å². The van der Waals surface area contributed by atoms with Crippen LogP contribution in [-0.4, -0.2) is 27.0 Å². The molecule has 0 spiro atoms. The average molecular weight is 331 g/mol. The summed E-state index contributed by atoms with van der Waals surface area (Å²) in [6.45, 7) is 1.85.